The van der Waals surface area contributed by atoms with Crippen LogP contribution in [0.25, 0.3) is 0 Å². The van der Waals surface area contributed by atoms with Gasteiger partial charge in [0, 0.05) is 32.8 Å². The highest BCUT2D eigenvalue weighted by Gasteiger charge is 2.16. The normalized spacial score (nSPS) is 17.6. The van der Waals surface area contributed by atoms with E-state index in [9.17, 15) is 4.79 Å². The molecule has 0 atom stereocenters. The fraction of sp³-hybridized carbons (Fsp3) is 0.917. The summed E-state index contributed by atoms with van der Waals surface area (Å²) < 4.78 is 5.41. The van der Waals surface area contributed by atoms with Crippen LogP contribution < -0.4 is 5.32 Å². The Morgan fingerprint density at radius 1 is 1.31 bits per heavy atom. The minimum atomic E-state index is 0.121. The molecule has 0 aromatic rings. The fourth-order valence-corrected chi connectivity index (χ4v) is 1.54. The molecule has 94 valence electrons. The Morgan fingerprint density at radius 2 is 1.94 bits per heavy atom. The molecule has 0 radical (unpaired) electrons. The monoisotopic (exact) mass is 228 g/mol. The van der Waals surface area contributed by atoms with Crippen LogP contribution in [0.15, 0.2) is 0 Å². The van der Waals surface area contributed by atoms with Crippen LogP contribution in [0, 0.1) is 5.41 Å². The maximum absolute atomic E-state index is 11.7. The molecular formula is C12H24N2O2. The summed E-state index contributed by atoms with van der Waals surface area (Å²) >= 11 is 0. The smallest absolute Gasteiger partial charge is 0.248 e. The molecule has 0 aromatic carbocycles. The Kier molecular flexibility index (Phi) is 5.22. The number of rotatable bonds is 4. The van der Waals surface area contributed by atoms with Crippen LogP contribution in [0.2, 0.25) is 0 Å². The van der Waals surface area contributed by atoms with E-state index in [0.717, 1.165) is 32.6 Å². The van der Waals surface area contributed by atoms with Crippen molar-refractivity contribution in [1.29, 1.82) is 0 Å². The summed E-state index contributed by atoms with van der Waals surface area (Å²) in [6.45, 7) is 10.8. The number of piperazine rings is 1. The van der Waals surface area contributed by atoms with E-state index >= 15 is 0 Å². The third-order valence-electron chi connectivity index (χ3n) is 2.69. The third-order valence-corrected chi connectivity index (χ3v) is 2.69. The maximum Gasteiger partial charge on any atom is 0.248 e. The second-order valence-electron chi connectivity index (χ2n) is 5.49. The lowest BCUT2D eigenvalue weighted by Crippen LogP contribution is -2.47. The summed E-state index contributed by atoms with van der Waals surface area (Å²) in [7, 11) is 0. The van der Waals surface area contributed by atoms with Crippen molar-refractivity contribution in [3.05, 3.63) is 0 Å². The number of hydrogen-bond donors (Lipinski definition) is 1. The summed E-state index contributed by atoms with van der Waals surface area (Å²) in [6, 6.07) is 0. The summed E-state index contributed by atoms with van der Waals surface area (Å²) in [5.74, 6) is 0.121. The van der Waals surface area contributed by atoms with Crippen LogP contribution in [0.3, 0.4) is 0 Å². The van der Waals surface area contributed by atoms with E-state index < -0.39 is 0 Å². The van der Waals surface area contributed by atoms with Gasteiger partial charge in [0.25, 0.3) is 0 Å². The van der Waals surface area contributed by atoms with Gasteiger partial charge < -0.3 is 15.0 Å². The van der Waals surface area contributed by atoms with Gasteiger partial charge in [-0.05, 0) is 11.8 Å². The van der Waals surface area contributed by atoms with Gasteiger partial charge >= 0.3 is 0 Å². The largest absolute Gasteiger partial charge is 0.372 e. The van der Waals surface area contributed by atoms with E-state index in [2.05, 4.69) is 26.1 Å². The molecule has 0 unspecified atom stereocenters. The minimum Gasteiger partial charge on any atom is -0.372 e. The predicted octanol–water partition coefficient (Wildman–Crippen LogP) is 0.871. The van der Waals surface area contributed by atoms with Crippen molar-refractivity contribution < 1.29 is 9.53 Å². The number of ether oxygens (including phenoxy) is 1. The van der Waals surface area contributed by atoms with Crippen molar-refractivity contribution in [2.45, 2.75) is 27.2 Å². The summed E-state index contributed by atoms with van der Waals surface area (Å²) in [5, 5.41) is 3.22. The van der Waals surface area contributed by atoms with Crippen molar-refractivity contribution in [3.8, 4) is 0 Å². The summed E-state index contributed by atoms with van der Waals surface area (Å²) in [4.78, 5) is 13.6. The highest BCUT2D eigenvalue weighted by atomic mass is 16.5. The van der Waals surface area contributed by atoms with Crippen LogP contribution in [-0.2, 0) is 9.53 Å². The van der Waals surface area contributed by atoms with Gasteiger partial charge in [0.2, 0.25) is 5.91 Å². The first-order chi connectivity index (χ1) is 7.49. The van der Waals surface area contributed by atoms with Crippen molar-refractivity contribution in [2.24, 2.45) is 5.41 Å². The summed E-state index contributed by atoms with van der Waals surface area (Å²) in [5.41, 5.74) is 0.276. The molecule has 0 aromatic heterocycles. The molecule has 0 saturated carbocycles. The molecule has 1 aliphatic rings. The van der Waals surface area contributed by atoms with Gasteiger partial charge in [0.1, 0.15) is 6.61 Å². The van der Waals surface area contributed by atoms with Crippen molar-refractivity contribution in [1.82, 2.24) is 10.2 Å². The average molecular weight is 228 g/mol. The Bertz CT molecular complexity index is 218. The predicted molar refractivity (Wildman–Crippen MR) is 64.3 cm³/mol. The van der Waals surface area contributed by atoms with E-state index in [1.54, 1.807) is 0 Å². The van der Waals surface area contributed by atoms with Crippen molar-refractivity contribution in [3.63, 3.8) is 0 Å². The van der Waals surface area contributed by atoms with Crippen LogP contribution in [-0.4, -0.2) is 50.2 Å². The van der Waals surface area contributed by atoms with Gasteiger partial charge in [-0.15, -0.1) is 0 Å². The molecule has 1 aliphatic heterocycles. The van der Waals surface area contributed by atoms with Crippen molar-refractivity contribution >= 4 is 5.91 Å². The molecule has 0 bridgehead atoms. The Labute approximate surface area is 98.3 Å². The topological polar surface area (TPSA) is 41.6 Å². The first-order valence-electron chi connectivity index (χ1n) is 6.05. The third kappa shape index (κ3) is 5.47. The number of hydrogen-bond acceptors (Lipinski definition) is 3. The zero-order chi connectivity index (χ0) is 12.0. The lowest BCUT2D eigenvalue weighted by atomic mass is 9.93. The number of carbonyl (C=O) groups is 1. The van der Waals surface area contributed by atoms with Crippen LogP contribution in [0.5, 0.6) is 0 Å². The molecule has 1 fully saturated rings. The molecule has 1 heterocycles. The van der Waals surface area contributed by atoms with Gasteiger partial charge in [-0.1, -0.05) is 20.8 Å². The highest BCUT2D eigenvalue weighted by Crippen LogP contribution is 2.17. The van der Waals surface area contributed by atoms with E-state index in [1.807, 2.05) is 4.90 Å². The lowest BCUT2D eigenvalue weighted by molar-refractivity contribution is -0.136. The molecule has 1 amide bonds. The Morgan fingerprint density at radius 3 is 2.50 bits per heavy atom. The second-order valence-corrected chi connectivity index (χ2v) is 5.49. The van der Waals surface area contributed by atoms with Gasteiger partial charge in [-0.3, -0.25) is 4.79 Å². The molecule has 16 heavy (non-hydrogen) atoms. The van der Waals surface area contributed by atoms with Crippen LogP contribution in [0.1, 0.15) is 27.2 Å². The molecule has 0 spiro atoms. The van der Waals surface area contributed by atoms with Gasteiger partial charge in [-0.25, -0.2) is 0 Å². The molecular weight excluding hydrogens is 204 g/mol. The van der Waals surface area contributed by atoms with Crippen LogP contribution in [0.4, 0.5) is 0 Å². The molecule has 1 rings (SSSR count). The zero-order valence-electron chi connectivity index (χ0n) is 10.7. The maximum atomic E-state index is 11.7. The highest BCUT2D eigenvalue weighted by molar-refractivity contribution is 5.77. The molecule has 4 heteroatoms. The first-order valence-corrected chi connectivity index (χ1v) is 6.05. The van der Waals surface area contributed by atoms with Gasteiger partial charge in [0.05, 0.1) is 0 Å². The number of amides is 1. The van der Waals surface area contributed by atoms with Crippen LogP contribution >= 0.6 is 0 Å². The Balaban J connectivity index is 2.10. The molecule has 0 aliphatic carbocycles. The van der Waals surface area contributed by atoms with E-state index in [4.69, 9.17) is 4.74 Å². The standard InChI is InChI=1S/C12H24N2O2/c1-12(2,3)4-9-16-10-11(15)14-7-5-13-6-8-14/h13H,4-10H2,1-3H3. The number of carbonyl (C=O) groups excluding carboxylic acids is 1. The number of nitrogens with one attached hydrogen (secondary N) is 1. The van der Waals surface area contributed by atoms with Gasteiger partial charge in [-0.2, -0.15) is 0 Å². The minimum absolute atomic E-state index is 0.121. The second kappa shape index (κ2) is 6.21. The average Bonchev–Trinajstić information content (AvgIpc) is 2.24. The zero-order valence-corrected chi connectivity index (χ0v) is 10.7. The fourth-order valence-electron chi connectivity index (χ4n) is 1.54. The number of nitrogens with zero attached hydrogens (tertiary/aromatic N) is 1. The lowest BCUT2D eigenvalue weighted by Gasteiger charge is -2.27. The van der Waals surface area contributed by atoms with Gasteiger partial charge in [0.15, 0.2) is 0 Å². The van der Waals surface area contributed by atoms with E-state index in [1.165, 1.54) is 0 Å². The quantitative estimate of drug-likeness (QED) is 0.726. The van der Waals surface area contributed by atoms with E-state index in [0.29, 0.717) is 6.61 Å². The molecule has 4 nitrogen and oxygen atoms in total. The van der Waals surface area contributed by atoms with Crippen molar-refractivity contribution in [2.75, 3.05) is 39.4 Å². The first kappa shape index (κ1) is 13.5. The van der Waals surface area contributed by atoms with E-state index in [-0.39, 0.29) is 17.9 Å². The molecule has 1 saturated heterocycles. The Hall–Kier alpha value is -0.610. The summed E-state index contributed by atoms with van der Waals surface area (Å²) in [6.07, 6.45) is 0.988. The SMILES string of the molecule is CC(C)(C)CCOCC(=O)N1CCNCC1. The molecule has 1 N–H and O–H groups in total.